The Morgan fingerprint density at radius 3 is 2.78 bits per heavy atom. The standard InChI is InChI=1S/C20H22N2O/c1-14-9-10-19(23-3)18(12-14)15(2)22-13-17-7-4-6-16-8-5-11-21-20(16)17/h4-12,15,22H,13H2,1-3H3. The highest BCUT2D eigenvalue weighted by Gasteiger charge is 2.12. The lowest BCUT2D eigenvalue weighted by molar-refractivity contribution is 0.401. The van der Waals surface area contributed by atoms with Gasteiger partial charge in [-0.15, -0.1) is 0 Å². The molecular formula is C20H22N2O. The van der Waals surface area contributed by atoms with E-state index in [4.69, 9.17) is 4.74 Å². The van der Waals surface area contributed by atoms with Crippen LogP contribution in [0.4, 0.5) is 0 Å². The van der Waals surface area contributed by atoms with Crippen molar-refractivity contribution in [3.05, 3.63) is 71.4 Å². The van der Waals surface area contributed by atoms with E-state index in [0.717, 1.165) is 17.8 Å². The molecule has 1 N–H and O–H groups in total. The van der Waals surface area contributed by atoms with Crippen LogP contribution in [0.3, 0.4) is 0 Å². The number of para-hydroxylation sites is 1. The van der Waals surface area contributed by atoms with Crippen molar-refractivity contribution >= 4 is 10.9 Å². The predicted octanol–water partition coefficient (Wildman–Crippen LogP) is 4.40. The fourth-order valence-electron chi connectivity index (χ4n) is 2.88. The van der Waals surface area contributed by atoms with E-state index in [1.54, 1.807) is 7.11 Å². The van der Waals surface area contributed by atoms with Crippen LogP contribution in [0.2, 0.25) is 0 Å². The zero-order valence-electron chi connectivity index (χ0n) is 13.8. The molecule has 1 heterocycles. The van der Waals surface area contributed by atoms with Gasteiger partial charge in [0, 0.05) is 29.7 Å². The van der Waals surface area contributed by atoms with Gasteiger partial charge in [-0.3, -0.25) is 4.98 Å². The van der Waals surface area contributed by atoms with E-state index in [2.05, 4.69) is 60.5 Å². The molecule has 1 atom stereocenters. The summed E-state index contributed by atoms with van der Waals surface area (Å²) in [7, 11) is 1.72. The average Bonchev–Trinajstić information content (AvgIpc) is 2.59. The summed E-state index contributed by atoms with van der Waals surface area (Å²) in [6.07, 6.45) is 1.85. The normalized spacial score (nSPS) is 12.3. The second kappa shape index (κ2) is 6.80. The lowest BCUT2D eigenvalue weighted by atomic mass is 10.0. The van der Waals surface area contributed by atoms with Crippen molar-refractivity contribution in [3.8, 4) is 5.75 Å². The first kappa shape index (κ1) is 15.5. The lowest BCUT2D eigenvalue weighted by Gasteiger charge is -2.18. The monoisotopic (exact) mass is 306 g/mol. The van der Waals surface area contributed by atoms with Gasteiger partial charge in [0.1, 0.15) is 5.75 Å². The Hall–Kier alpha value is -2.39. The van der Waals surface area contributed by atoms with Crippen molar-refractivity contribution in [2.24, 2.45) is 0 Å². The number of benzene rings is 2. The number of hydrogen-bond acceptors (Lipinski definition) is 3. The van der Waals surface area contributed by atoms with Gasteiger partial charge in [0.25, 0.3) is 0 Å². The molecule has 3 rings (SSSR count). The minimum Gasteiger partial charge on any atom is -0.496 e. The largest absolute Gasteiger partial charge is 0.496 e. The van der Waals surface area contributed by atoms with E-state index >= 15 is 0 Å². The number of nitrogens with one attached hydrogen (secondary N) is 1. The summed E-state index contributed by atoms with van der Waals surface area (Å²) < 4.78 is 5.49. The SMILES string of the molecule is COc1ccc(C)cc1C(C)NCc1cccc2cccnc12. The molecule has 0 aliphatic heterocycles. The van der Waals surface area contributed by atoms with E-state index in [1.807, 2.05) is 18.3 Å². The fourth-order valence-corrected chi connectivity index (χ4v) is 2.88. The van der Waals surface area contributed by atoms with Crippen LogP contribution in [-0.2, 0) is 6.54 Å². The molecule has 0 aliphatic rings. The minimum absolute atomic E-state index is 0.198. The summed E-state index contributed by atoms with van der Waals surface area (Å²) in [5.41, 5.74) is 4.69. The van der Waals surface area contributed by atoms with Crippen molar-refractivity contribution in [3.63, 3.8) is 0 Å². The molecule has 0 saturated carbocycles. The van der Waals surface area contributed by atoms with E-state index < -0.39 is 0 Å². The molecule has 1 aromatic heterocycles. The van der Waals surface area contributed by atoms with Gasteiger partial charge in [-0.2, -0.15) is 0 Å². The van der Waals surface area contributed by atoms with Crippen LogP contribution in [0.5, 0.6) is 5.75 Å². The van der Waals surface area contributed by atoms with Gasteiger partial charge in [-0.1, -0.05) is 42.0 Å². The van der Waals surface area contributed by atoms with Gasteiger partial charge >= 0.3 is 0 Å². The summed E-state index contributed by atoms with van der Waals surface area (Å²) >= 11 is 0. The summed E-state index contributed by atoms with van der Waals surface area (Å²) in [4.78, 5) is 4.51. The zero-order chi connectivity index (χ0) is 16.2. The molecule has 118 valence electrons. The van der Waals surface area contributed by atoms with E-state index in [9.17, 15) is 0 Å². The number of rotatable bonds is 5. The molecule has 0 radical (unpaired) electrons. The lowest BCUT2D eigenvalue weighted by Crippen LogP contribution is -2.19. The van der Waals surface area contributed by atoms with Crippen molar-refractivity contribution < 1.29 is 4.74 Å². The topological polar surface area (TPSA) is 34.1 Å². The molecule has 0 aliphatic carbocycles. The van der Waals surface area contributed by atoms with E-state index in [-0.39, 0.29) is 6.04 Å². The first-order valence-corrected chi connectivity index (χ1v) is 7.89. The van der Waals surface area contributed by atoms with Gasteiger partial charge in [0.2, 0.25) is 0 Å². The van der Waals surface area contributed by atoms with Crippen LogP contribution in [0.1, 0.15) is 29.7 Å². The Balaban J connectivity index is 1.81. The number of nitrogens with zero attached hydrogens (tertiary/aromatic N) is 1. The predicted molar refractivity (Wildman–Crippen MR) is 94.7 cm³/mol. The van der Waals surface area contributed by atoms with Gasteiger partial charge in [0.15, 0.2) is 0 Å². The van der Waals surface area contributed by atoms with Gasteiger partial charge in [0.05, 0.1) is 12.6 Å². The molecule has 0 bridgehead atoms. The maximum absolute atomic E-state index is 5.49. The average molecular weight is 306 g/mol. The van der Waals surface area contributed by atoms with Gasteiger partial charge in [-0.05, 0) is 31.5 Å². The third-order valence-electron chi connectivity index (χ3n) is 4.17. The van der Waals surface area contributed by atoms with Gasteiger partial charge < -0.3 is 10.1 Å². The molecule has 3 aromatic rings. The summed E-state index contributed by atoms with van der Waals surface area (Å²) in [6.45, 7) is 5.03. The van der Waals surface area contributed by atoms with Crippen molar-refractivity contribution in [1.29, 1.82) is 0 Å². The Morgan fingerprint density at radius 1 is 1.13 bits per heavy atom. The van der Waals surface area contributed by atoms with Crippen LogP contribution in [-0.4, -0.2) is 12.1 Å². The maximum Gasteiger partial charge on any atom is 0.123 e. The molecule has 2 aromatic carbocycles. The maximum atomic E-state index is 5.49. The molecule has 1 unspecified atom stereocenters. The number of hydrogen-bond donors (Lipinski definition) is 1. The van der Waals surface area contributed by atoms with Crippen molar-refractivity contribution in [2.45, 2.75) is 26.4 Å². The molecule has 0 spiro atoms. The van der Waals surface area contributed by atoms with Gasteiger partial charge in [-0.25, -0.2) is 0 Å². The number of aryl methyl sites for hydroxylation is 1. The van der Waals surface area contributed by atoms with E-state index in [0.29, 0.717) is 0 Å². The van der Waals surface area contributed by atoms with Crippen LogP contribution in [0.25, 0.3) is 10.9 Å². The first-order chi connectivity index (χ1) is 11.2. The molecular weight excluding hydrogens is 284 g/mol. The highest BCUT2D eigenvalue weighted by molar-refractivity contribution is 5.81. The second-order valence-electron chi connectivity index (χ2n) is 5.84. The highest BCUT2D eigenvalue weighted by Crippen LogP contribution is 2.26. The second-order valence-corrected chi connectivity index (χ2v) is 5.84. The van der Waals surface area contributed by atoms with Crippen LogP contribution in [0.15, 0.2) is 54.7 Å². The summed E-state index contributed by atoms with van der Waals surface area (Å²) in [6, 6.07) is 16.9. The summed E-state index contributed by atoms with van der Waals surface area (Å²) in [5, 5.41) is 4.76. The quantitative estimate of drug-likeness (QED) is 0.758. The molecule has 3 heteroatoms. The number of fused-ring (bicyclic) bond motifs is 1. The fraction of sp³-hybridized carbons (Fsp3) is 0.250. The van der Waals surface area contributed by atoms with Crippen LogP contribution >= 0.6 is 0 Å². The summed E-state index contributed by atoms with van der Waals surface area (Å²) in [5.74, 6) is 0.923. The molecule has 0 fully saturated rings. The number of aromatic nitrogens is 1. The third kappa shape index (κ3) is 3.35. The molecule has 3 nitrogen and oxygen atoms in total. The zero-order valence-corrected chi connectivity index (χ0v) is 13.8. The first-order valence-electron chi connectivity index (χ1n) is 7.89. The molecule has 0 saturated heterocycles. The van der Waals surface area contributed by atoms with Crippen molar-refractivity contribution in [1.82, 2.24) is 10.3 Å². The van der Waals surface area contributed by atoms with E-state index in [1.165, 1.54) is 22.1 Å². The van der Waals surface area contributed by atoms with Crippen molar-refractivity contribution in [2.75, 3.05) is 7.11 Å². The Labute approximate surface area is 137 Å². The highest BCUT2D eigenvalue weighted by atomic mass is 16.5. The Bertz CT molecular complexity index is 808. The number of methoxy groups -OCH3 is 1. The third-order valence-corrected chi connectivity index (χ3v) is 4.17. The Kier molecular flexibility index (Phi) is 4.58. The smallest absolute Gasteiger partial charge is 0.123 e. The molecule has 0 amide bonds. The minimum atomic E-state index is 0.198. The van der Waals surface area contributed by atoms with Crippen LogP contribution < -0.4 is 10.1 Å². The number of ether oxygens (including phenoxy) is 1. The molecule has 23 heavy (non-hydrogen) atoms. The number of pyridine rings is 1. The Morgan fingerprint density at radius 2 is 1.96 bits per heavy atom. The van der Waals surface area contributed by atoms with Crippen LogP contribution in [0, 0.1) is 6.92 Å².